The zero-order valence-corrected chi connectivity index (χ0v) is 17.7. The van der Waals surface area contributed by atoms with E-state index in [9.17, 15) is 19.8 Å². The highest BCUT2D eigenvalue weighted by Gasteiger charge is 2.43. The van der Waals surface area contributed by atoms with Crippen LogP contribution in [0.15, 0.2) is 36.1 Å². The van der Waals surface area contributed by atoms with Gasteiger partial charge in [-0.25, -0.2) is 0 Å². The number of phenols is 2. The fourth-order valence-electron chi connectivity index (χ4n) is 4.25. The lowest BCUT2D eigenvalue weighted by Crippen LogP contribution is -2.30. The van der Waals surface area contributed by atoms with E-state index in [0.29, 0.717) is 28.9 Å². The third-order valence-electron chi connectivity index (χ3n) is 5.74. The molecule has 0 bridgehead atoms. The molecule has 154 valence electrons. The molecule has 5 nitrogen and oxygen atoms in total. The summed E-state index contributed by atoms with van der Waals surface area (Å²) in [6.45, 7) is 9.51. The number of phenolic OH excluding ortho intramolecular Hbond substituents is 2. The molecule has 0 radical (unpaired) electrons. The van der Waals surface area contributed by atoms with Gasteiger partial charge >= 0.3 is 0 Å². The number of hydrogen-bond donors (Lipinski definition) is 2. The van der Waals surface area contributed by atoms with E-state index in [2.05, 4.69) is 0 Å². The minimum absolute atomic E-state index is 0.0606. The Morgan fingerprint density at radius 3 is 2.43 bits per heavy atom. The van der Waals surface area contributed by atoms with Crippen molar-refractivity contribution in [3.8, 4) is 17.2 Å². The van der Waals surface area contributed by atoms with Crippen LogP contribution in [0, 0.1) is 6.92 Å². The van der Waals surface area contributed by atoms with Gasteiger partial charge in [0.05, 0.1) is 17.4 Å². The summed E-state index contributed by atoms with van der Waals surface area (Å²) >= 11 is 0. The first-order valence-electron chi connectivity index (χ1n) is 9.87. The van der Waals surface area contributed by atoms with Gasteiger partial charge in [-0.3, -0.25) is 9.59 Å². The summed E-state index contributed by atoms with van der Waals surface area (Å²) in [5, 5.41) is 21.6. The van der Waals surface area contributed by atoms with Crippen LogP contribution in [0.2, 0.25) is 0 Å². The summed E-state index contributed by atoms with van der Waals surface area (Å²) in [6.07, 6.45) is 5.67. The molecule has 30 heavy (non-hydrogen) atoms. The monoisotopic (exact) mass is 404 g/mol. The van der Waals surface area contributed by atoms with Gasteiger partial charge < -0.3 is 14.9 Å². The summed E-state index contributed by atoms with van der Waals surface area (Å²) in [4.78, 5) is 27.0. The largest absolute Gasteiger partial charge is 0.507 e. The van der Waals surface area contributed by atoms with Crippen LogP contribution in [0.1, 0.15) is 76.2 Å². The summed E-state index contributed by atoms with van der Waals surface area (Å²) in [5.41, 5.74) is 2.34. The molecule has 0 aromatic heterocycles. The minimum atomic E-state index is -0.593. The smallest absolute Gasteiger partial charge is 0.201 e. The summed E-state index contributed by atoms with van der Waals surface area (Å²) in [6, 6.07) is 3.05. The van der Waals surface area contributed by atoms with E-state index in [-0.39, 0.29) is 33.8 Å². The van der Waals surface area contributed by atoms with Gasteiger partial charge in [0.15, 0.2) is 5.78 Å². The van der Waals surface area contributed by atoms with Gasteiger partial charge in [0.25, 0.3) is 0 Å². The number of carbonyl (C=O) groups excluding carboxylic acids is 2. The highest BCUT2D eigenvalue weighted by Crippen LogP contribution is 2.50. The second kappa shape index (κ2) is 6.59. The fourth-order valence-corrected chi connectivity index (χ4v) is 4.25. The molecule has 4 rings (SSSR count). The van der Waals surface area contributed by atoms with Crippen LogP contribution in [-0.2, 0) is 11.8 Å². The molecule has 0 unspecified atom stereocenters. The van der Waals surface area contributed by atoms with E-state index in [1.54, 1.807) is 19.3 Å². The average molecular weight is 404 g/mol. The van der Waals surface area contributed by atoms with E-state index < -0.39 is 17.0 Å². The van der Waals surface area contributed by atoms with Gasteiger partial charge in [-0.15, -0.1) is 0 Å². The maximum atomic E-state index is 13.6. The van der Waals surface area contributed by atoms with Crippen LogP contribution in [0.25, 0.3) is 0 Å². The number of rotatable bonds is 2. The number of ether oxygens (including phenoxy) is 1. The number of aryl methyl sites for hydroxylation is 1. The lowest BCUT2D eigenvalue weighted by atomic mass is 9.71. The molecule has 1 aliphatic heterocycles. The molecule has 2 aromatic rings. The van der Waals surface area contributed by atoms with Crippen LogP contribution in [0.5, 0.6) is 17.2 Å². The third-order valence-corrected chi connectivity index (χ3v) is 5.74. The van der Waals surface area contributed by atoms with E-state index in [0.717, 1.165) is 5.57 Å². The lowest BCUT2D eigenvalue weighted by molar-refractivity contribution is 0.0972. The van der Waals surface area contributed by atoms with Crippen LogP contribution in [-0.4, -0.2) is 21.8 Å². The molecule has 0 spiro atoms. The quantitative estimate of drug-likeness (QED) is 0.595. The molecule has 0 saturated heterocycles. The van der Waals surface area contributed by atoms with Crippen LogP contribution < -0.4 is 4.74 Å². The van der Waals surface area contributed by atoms with E-state index in [1.165, 1.54) is 6.07 Å². The first-order chi connectivity index (χ1) is 14.0. The normalized spacial score (nSPS) is 15.8. The summed E-state index contributed by atoms with van der Waals surface area (Å²) in [5.74, 6) is -1.06. The predicted molar refractivity (Wildman–Crippen MR) is 114 cm³/mol. The molecule has 1 heterocycles. The van der Waals surface area contributed by atoms with Gasteiger partial charge in [0, 0.05) is 27.7 Å². The van der Waals surface area contributed by atoms with E-state index in [4.69, 9.17) is 4.74 Å². The average Bonchev–Trinajstić information content (AvgIpc) is 2.63. The molecule has 2 aliphatic rings. The second-order valence-corrected chi connectivity index (χ2v) is 8.77. The molecule has 2 aromatic carbocycles. The van der Waals surface area contributed by atoms with Crippen molar-refractivity contribution in [1.82, 2.24) is 0 Å². The third kappa shape index (κ3) is 2.76. The Kier molecular flexibility index (Phi) is 4.38. The van der Waals surface area contributed by atoms with Crippen LogP contribution in [0.4, 0.5) is 0 Å². The minimum Gasteiger partial charge on any atom is -0.507 e. The Balaban J connectivity index is 2.13. The highest BCUT2D eigenvalue weighted by molar-refractivity contribution is 6.31. The number of carbonyl (C=O) groups is 2. The Morgan fingerprint density at radius 1 is 1.07 bits per heavy atom. The van der Waals surface area contributed by atoms with Gasteiger partial charge in [-0.05, 0) is 51.0 Å². The second-order valence-electron chi connectivity index (χ2n) is 8.77. The molecule has 0 fully saturated rings. The van der Waals surface area contributed by atoms with Gasteiger partial charge in [0.1, 0.15) is 17.2 Å². The maximum Gasteiger partial charge on any atom is 0.201 e. The number of ketones is 2. The van der Waals surface area contributed by atoms with E-state index in [1.807, 2.05) is 39.8 Å². The maximum absolute atomic E-state index is 13.6. The van der Waals surface area contributed by atoms with Gasteiger partial charge in [-0.1, -0.05) is 25.5 Å². The molecule has 0 amide bonds. The highest BCUT2D eigenvalue weighted by atomic mass is 16.5. The number of aromatic hydroxyl groups is 2. The zero-order chi connectivity index (χ0) is 22.0. The van der Waals surface area contributed by atoms with Crippen LogP contribution in [0.3, 0.4) is 0 Å². The van der Waals surface area contributed by atoms with Crippen molar-refractivity contribution in [1.29, 1.82) is 0 Å². The van der Waals surface area contributed by atoms with Crippen molar-refractivity contribution in [3.63, 3.8) is 0 Å². The van der Waals surface area contributed by atoms with Gasteiger partial charge in [0.2, 0.25) is 5.78 Å². The number of hydrogen-bond acceptors (Lipinski definition) is 5. The Labute approximate surface area is 175 Å². The van der Waals surface area contributed by atoms with Crippen LogP contribution >= 0.6 is 0 Å². The van der Waals surface area contributed by atoms with Gasteiger partial charge in [-0.2, -0.15) is 0 Å². The fraction of sp³-hybridized carbons (Fsp3) is 0.280. The molecule has 2 N–H and O–H groups in total. The Hall–Kier alpha value is -3.34. The molecule has 0 atom stereocenters. The van der Waals surface area contributed by atoms with Crippen molar-refractivity contribution >= 4 is 11.6 Å². The lowest BCUT2D eigenvalue weighted by Gasteiger charge is -2.34. The topological polar surface area (TPSA) is 83.8 Å². The summed E-state index contributed by atoms with van der Waals surface area (Å²) < 4.78 is 5.81. The number of allylic oxidation sites excluding steroid dienone is 3. The van der Waals surface area contributed by atoms with Crippen molar-refractivity contribution < 1.29 is 24.5 Å². The van der Waals surface area contributed by atoms with Crippen molar-refractivity contribution in [2.75, 3.05) is 0 Å². The standard InChI is InChI=1S/C25H24O5/c1-12(2)6-7-14-21(27)19-18(20-24(14)30-9-8-25(20,4)5)22(28)15-10-13(3)11-16(26)17(15)23(19)29/h6,8-11,26-27H,7H2,1-5H3. The Bertz CT molecular complexity index is 1190. The zero-order valence-electron chi connectivity index (χ0n) is 17.7. The first-order valence-corrected chi connectivity index (χ1v) is 9.87. The SMILES string of the molecule is CC(C)=CCc1c(O)c2c(c3c1OC=CC3(C)C)C(=O)c1cc(C)cc(O)c1C2=O. The molecule has 1 aliphatic carbocycles. The molecule has 0 saturated carbocycles. The number of fused-ring (bicyclic) bond motifs is 4. The molecular formula is C25H24O5. The van der Waals surface area contributed by atoms with E-state index >= 15 is 0 Å². The summed E-state index contributed by atoms with van der Waals surface area (Å²) in [7, 11) is 0. The number of benzene rings is 2. The molecular weight excluding hydrogens is 380 g/mol. The van der Waals surface area contributed by atoms with Crippen molar-refractivity contribution in [3.05, 3.63) is 75.1 Å². The van der Waals surface area contributed by atoms with Crippen molar-refractivity contribution in [2.24, 2.45) is 0 Å². The molecule has 5 heteroatoms. The Morgan fingerprint density at radius 2 is 1.77 bits per heavy atom. The van der Waals surface area contributed by atoms with Crippen molar-refractivity contribution in [2.45, 2.75) is 46.5 Å². The predicted octanol–water partition coefficient (Wildman–Crippen LogP) is 4.87. The first kappa shape index (κ1) is 20.0.